The first-order chi connectivity index (χ1) is 8.04. The number of hydrogen-bond donors (Lipinski definition) is 1. The molecular formula is C12H15N3O2. The van der Waals surface area contributed by atoms with Crippen LogP contribution in [0.2, 0.25) is 0 Å². The Morgan fingerprint density at radius 3 is 2.41 bits per heavy atom. The molecule has 0 saturated carbocycles. The first-order valence-electron chi connectivity index (χ1n) is 5.42. The maximum absolute atomic E-state index is 10.5. The highest BCUT2D eigenvalue weighted by Gasteiger charge is 2.12. The van der Waals surface area contributed by atoms with Gasteiger partial charge in [0.05, 0.1) is 11.0 Å². The number of nitro benzene ring substituents is 1. The third-order valence-electron chi connectivity index (χ3n) is 2.30. The molecule has 0 aromatic heterocycles. The number of nitrogens with zero attached hydrogens (tertiary/aromatic N) is 2. The van der Waals surface area contributed by atoms with Crippen LogP contribution in [0.15, 0.2) is 24.3 Å². The highest BCUT2D eigenvalue weighted by molar-refractivity contribution is 5.35. The van der Waals surface area contributed by atoms with Gasteiger partial charge in [-0.1, -0.05) is 13.8 Å². The van der Waals surface area contributed by atoms with Crippen molar-refractivity contribution in [1.82, 2.24) is 5.32 Å². The molecule has 1 atom stereocenters. The fraction of sp³-hybridized carbons (Fsp3) is 0.417. The maximum Gasteiger partial charge on any atom is 0.269 e. The van der Waals surface area contributed by atoms with E-state index in [1.165, 1.54) is 12.1 Å². The molecular weight excluding hydrogens is 218 g/mol. The van der Waals surface area contributed by atoms with Crippen molar-refractivity contribution in [1.29, 1.82) is 5.26 Å². The largest absolute Gasteiger partial charge is 0.298 e. The van der Waals surface area contributed by atoms with Crippen LogP contribution in [0.1, 0.15) is 25.5 Å². The summed E-state index contributed by atoms with van der Waals surface area (Å²) in [6.45, 7) is 4.84. The summed E-state index contributed by atoms with van der Waals surface area (Å²) >= 11 is 0. The van der Waals surface area contributed by atoms with Gasteiger partial charge in [0.25, 0.3) is 5.69 Å². The van der Waals surface area contributed by atoms with Crippen LogP contribution in [0.25, 0.3) is 0 Å². The molecule has 0 spiro atoms. The van der Waals surface area contributed by atoms with Crippen LogP contribution in [0.3, 0.4) is 0 Å². The molecule has 17 heavy (non-hydrogen) atoms. The van der Waals surface area contributed by atoms with Gasteiger partial charge in [0.15, 0.2) is 0 Å². The van der Waals surface area contributed by atoms with Crippen molar-refractivity contribution >= 4 is 5.69 Å². The highest BCUT2D eigenvalue weighted by Crippen LogP contribution is 2.17. The van der Waals surface area contributed by atoms with E-state index in [0.29, 0.717) is 5.92 Å². The summed E-state index contributed by atoms with van der Waals surface area (Å²) in [7, 11) is 0. The van der Waals surface area contributed by atoms with E-state index in [1.807, 2.05) is 0 Å². The lowest BCUT2D eigenvalue weighted by Gasteiger charge is -2.13. The van der Waals surface area contributed by atoms with Gasteiger partial charge in [-0.3, -0.25) is 15.4 Å². The maximum atomic E-state index is 10.5. The van der Waals surface area contributed by atoms with Crippen molar-refractivity contribution < 1.29 is 4.92 Å². The Balaban J connectivity index is 2.76. The molecule has 1 N–H and O–H groups in total. The molecule has 0 radical (unpaired) electrons. The van der Waals surface area contributed by atoms with Gasteiger partial charge in [0.1, 0.15) is 6.04 Å². The van der Waals surface area contributed by atoms with Gasteiger partial charge in [-0.2, -0.15) is 5.26 Å². The lowest BCUT2D eigenvalue weighted by Crippen LogP contribution is -2.24. The van der Waals surface area contributed by atoms with E-state index in [1.54, 1.807) is 12.1 Å². The minimum atomic E-state index is -0.452. The minimum Gasteiger partial charge on any atom is -0.298 e. The van der Waals surface area contributed by atoms with Gasteiger partial charge < -0.3 is 0 Å². The molecule has 0 amide bonds. The number of nitrogens with one attached hydrogen (secondary N) is 1. The zero-order valence-corrected chi connectivity index (χ0v) is 9.88. The van der Waals surface area contributed by atoms with E-state index in [0.717, 1.165) is 12.1 Å². The number of rotatable bonds is 5. The molecule has 1 unspecified atom stereocenters. The third kappa shape index (κ3) is 3.85. The van der Waals surface area contributed by atoms with Gasteiger partial charge in [0.2, 0.25) is 0 Å². The van der Waals surface area contributed by atoms with E-state index in [4.69, 9.17) is 5.26 Å². The summed E-state index contributed by atoms with van der Waals surface area (Å²) in [4.78, 5) is 10.0. The van der Waals surface area contributed by atoms with Gasteiger partial charge in [-0.25, -0.2) is 0 Å². The van der Waals surface area contributed by atoms with Crippen molar-refractivity contribution in [2.45, 2.75) is 19.9 Å². The Morgan fingerprint density at radius 1 is 1.41 bits per heavy atom. The van der Waals surface area contributed by atoms with Crippen molar-refractivity contribution in [2.24, 2.45) is 5.92 Å². The molecule has 0 saturated heterocycles. The van der Waals surface area contributed by atoms with Crippen LogP contribution < -0.4 is 5.32 Å². The van der Waals surface area contributed by atoms with Gasteiger partial charge in [-0.15, -0.1) is 0 Å². The number of benzene rings is 1. The second-order valence-corrected chi connectivity index (χ2v) is 4.21. The van der Waals surface area contributed by atoms with E-state index < -0.39 is 11.0 Å². The Labute approximate surface area is 100 Å². The molecule has 5 heteroatoms. The molecule has 1 rings (SSSR count). The van der Waals surface area contributed by atoms with Crippen LogP contribution in [-0.2, 0) is 0 Å². The third-order valence-corrected chi connectivity index (χ3v) is 2.30. The number of nitriles is 1. The summed E-state index contributed by atoms with van der Waals surface area (Å²) in [5, 5.41) is 22.6. The average Bonchev–Trinajstić information content (AvgIpc) is 2.30. The first-order valence-corrected chi connectivity index (χ1v) is 5.42. The minimum absolute atomic E-state index is 0.0364. The lowest BCUT2D eigenvalue weighted by molar-refractivity contribution is -0.384. The summed E-state index contributed by atoms with van der Waals surface area (Å²) < 4.78 is 0. The van der Waals surface area contributed by atoms with Crippen LogP contribution in [0.4, 0.5) is 5.69 Å². The highest BCUT2D eigenvalue weighted by atomic mass is 16.6. The van der Waals surface area contributed by atoms with Crippen molar-refractivity contribution in [3.63, 3.8) is 0 Å². The average molecular weight is 233 g/mol. The molecule has 0 heterocycles. The van der Waals surface area contributed by atoms with Crippen LogP contribution in [-0.4, -0.2) is 11.5 Å². The summed E-state index contributed by atoms with van der Waals surface area (Å²) in [5.74, 6) is 0.448. The first kappa shape index (κ1) is 13.1. The fourth-order valence-electron chi connectivity index (χ4n) is 1.38. The van der Waals surface area contributed by atoms with Gasteiger partial charge in [0, 0.05) is 12.1 Å². The van der Waals surface area contributed by atoms with Gasteiger partial charge >= 0.3 is 0 Å². The van der Waals surface area contributed by atoms with Crippen LogP contribution >= 0.6 is 0 Å². The van der Waals surface area contributed by atoms with Gasteiger partial charge in [-0.05, 0) is 30.2 Å². The molecule has 1 aromatic carbocycles. The summed E-state index contributed by atoms with van der Waals surface area (Å²) in [5.41, 5.74) is 0.785. The number of non-ortho nitro benzene ring substituents is 1. The predicted octanol–water partition coefficient (Wildman–Crippen LogP) is 2.41. The molecule has 5 nitrogen and oxygen atoms in total. The second kappa shape index (κ2) is 5.97. The normalized spacial score (nSPS) is 12.1. The zero-order chi connectivity index (χ0) is 12.8. The van der Waals surface area contributed by atoms with E-state index in [-0.39, 0.29) is 5.69 Å². The molecule has 90 valence electrons. The molecule has 0 bridgehead atoms. The topological polar surface area (TPSA) is 79.0 Å². The monoisotopic (exact) mass is 233 g/mol. The van der Waals surface area contributed by atoms with Crippen molar-refractivity contribution in [3.05, 3.63) is 39.9 Å². The van der Waals surface area contributed by atoms with Crippen LogP contribution in [0.5, 0.6) is 0 Å². The Morgan fingerprint density at radius 2 is 2.00 bits per heavy atom. The van der Waals surface area contributed by atoms with Crippen molar-refractivity contribution in [3.8, 4) is 6.07 Å². The SMILES string of the molecule is CC(C)CNC(C#N)c1ccc([N+](=O)[O-])cc1. The molecule has 0 fully saturated rings. The lowest BCUT2D eigenvalue weighted by atomic mass is 10.1. The molecule has 0 aliphatic rings. The van der Waals surface area contributed by atoms with E-state index in [9.17, 15) is 10.1 Å². The van der Waals surface area contributed by atoms with E-state index >= 15 is 0 Å². The number of nitro groups is 1. The Bertz CT molecular complexity index is 420. The predicted molar refractivity (Wildman–Crippen MR) is 64.3 cm³/mol. The quantitative estimate of drug-likeness (QED) is 0.625. The number of hydrogen-bond acceptors (Lipinski definition) is 4. The Kier molecular flexibility index (Phi) is 4.61. The standard InChI is InChI=1S/C12H15N3O2/c1-9(2)8-14-12(7-13)10-3-5-11(6-4-10)15(16)17/h3-6,9,12,14H,8H2,1-2H3. The Hall–Kier alpha value is -1.93. The van der Waals surface area contributed by atoms with Crippen LogP contribution in [0, 0.1) is 27.4 Å². The smallest absolute Gasteiger partial charge is 0.269 e. The second-order valence-electron chi connectivity index (χ2n) is 4.21. The fourth-order valence-corrected chi connectivity index (χ4v) is 1.38. The molecule has 1 aromatic rings. The molecule has 0 aliphatic heterocycles. The molecule has 0 aliphatic carbocycles. The summed E-state index contributed by atoms with van der Waals surface area (Å²) in [6, 6.07) is 7.77. The van der Waals surface area contributed by atoms with Crippen molar-refractivity contribution in [2.75, 3.05) is 6.54 Å². The summed E-state index contributed by atoms with van der Waals surface area (Å²) in [6.07, 6.45) is 0. The van der Waals surface area contributed by atoms with E-state index in [2.05, 4.69) is 25.2 Å². The zero-order valence-electron chi connectivity index (χ0n) is 9.88.